The van der Waals surface area contributed by atoms with Crippen LogP contribution in [0.15, 0.2) is 129 Å². The summed E-state index contributed by atoms with van der Waals surface area (Å²) < 4.78 is 106. The van der Waals surface area contributed by atoms with Crippen molar-refractivity contribution in [3.8, 4) is 0 Å². The molecule has 0 amide bonds. The molecule has 0 spiro atoms. The van der Waals surface area contributed by atoms with E-state index in [-0.39, 0.29) is 97.6 Å². The molecule has 684 valence electrons. The van der Waals surface area contributed by atoms with Crippen molar-refractivity contribution >= 4 is 55.7 Å². The van der Waals surface area contributed by atoms with Crippen LogP contribution >= 0.6 is 31.9 Å². The SMILES string of the molecule is CO[C@H]1C[C@H](CC[C@H](C)[C@H](O)[C@H](C)[C@H]2OC(=O)/C=C/C(C)=C/C[C@H](OC(=O)c3ccc(Br)cc3)C[C@@H]3C=CC[C@@H](C[C@H](OC)[C@@H](C)[C@@H]4C[C@@H](OC(C)(C)O4)[C@H](C)[C@@H]([C@@H](C)[C@@H](O)[C@@H](C)CC[C@H]4C[C@H](OC)C[C@H](C)O4)OC(=O)/C=C/C(C)=C/C[C@H](OC(=O)c4ccc(Br)cc4)C[C@H]4C=CC[C@@H](C[C@H](OC)[C@@H](C)[C@@H]5C[C@@H](OC(C)(C)O5)[C@@H]2C)O4)O3)O[C@@H](C)C1. The average molecular weight is 1840 g/mol. The van der Waals surface area contributed by atoms with Crippen LogP contribution in [-0.4, -0.2) is 208 Å². The Kier molecular flexibility index (Phi) is 39.7. The summed E-state index contributed by atoms with van der Waals surface area (Å²) in [5, 5.41) is 25.0. The van der Waals surface area contributed by atoms with Crippen LogP contribution in [0.25, 0.3) is 0 Å². The molecule has 2 aromatic carbocycles. The van der Waals surface area contributed by atoms with Crippen molar-refractivity contribution in [2.24, 2.45) is 47.3 Å². The Bertz CT molecular complexity index is 3520. The van der Waals surface area contributed by atoms with Crippen molar-refractivity contribution in [1.29, 1.82) is 0 Å². The van der Waals surface area contributed by atoms with Gasteiger partial charge in [-0.25, -0.2) is 19.2 Å². The van der Waals surface area contributed by atoms with E-state index in [1.165, 1.54) is 12.2 Å². The topological polar surface area (TPSA) is 256 Å². The molecule has 122 heavy (non-hydrogen) atoms. The number of aliphatic hydroxyl groups is 2. The van der Waals surface area contributed by atoms with Crippen molar-refractivity contribution in [2.45, 2.75) is 372 Å². The summed E-state index contributed by atoms with van der Waals surface area (Å²) in [4.78, 5) is 57.5. The normalized spacial score (nSPS) is 36.9. The van der Waals surface area contributed by atoms with Gasteiger partial charge in [0.1, 0.15) is 24.4 Å². The Morgan fingerprint density at radius 2 is 0.803 bits per heavy atom. The van der Waals surface area contributed by atoms with Crippen molar-refractivity contribution < 1.29 is 105 Å². The van der Waals surface area contributed by atoms with E-state index in [2.05, 4.69) is 71.7 Å². The van der Waals surface area contributed by atoms with Gasteiger partial charge in [-0.15, -0.1) is 0 Å². The van der Waals surface area contributed by atoms with Crippen molar-refractivity contribution in [1.82, 2.24) is 0 Å². The van der Waals surface area contributed by atoms with Gasteiger partial charge in [0.05, 0.1) is 121 Å². The number of halogens is 2. The molecule has 7 heterocycles. The summed E-state index contributed by atoms with van der Waals surface area (Å²) in [6, 6.07) is 14.1. The van der Waals surface area contributed by atoms with E-state index in [0.717, 1.165) is 58.6 Å². The van der Waals surface area contributed by atoms with E-state index in [9.17, 15) is 29.4 Å². The maximum Gasteiger partial charge on any atom is 0.338 e. The van der Waals surface area contributed by atoms with Gasteiger partial charge in [0.25, 0.3) is 0 Å². The summed E-state index contributed by atoms with van der Waals surface area (Å²) in [5.74, 6) is -7.20. The Balaban J connectivity index is 1.03. The zero-order chi connectivity index (χ0) is 88.9. The molecule has 4 fully saturated rings. The number of carbonyl (C=O) groups is 4. The third-order valence-electron chi connectivity index (χ3n) is 26.6. The lowest BCUT2D eigenvalue weighted by atomic mass is 9.78. The first-order chi connectivity index (χ1) is 57.9. The van der Waals surface area contributed by atoms with Crippen LogP contribution in [0.2, 0.25) is 0 Å². The third-order valence-corrected chi connectivity index (χ3v) is 27.6. The van der Waals surface area contributed by atoms with E-state index in [1.807, 2.05) is 107 Å². The zero-order valence-corrected chi connectivity index (χ0v) is 79.4. The fourth-order valence-corrected chi connectivity index (χ4v) is 19.7. The molecular formula is C98H146Br2O22. The number of fused-ring (bicyclic) bond motifs is 8. The van der Waals surface area contributed by atoms with Crippen LogP contribution in [0.1, 0.15) is 247 Å². The Labute approximate surface area is 744 Å². The molecule has 8 bridgehead atoms. The van der Waals surface area contributed by atoms with Gasteiger partial charge in [0.15, 0.2) is 11.6 Å². The number of hydrogen-bond acceptors (Lipinski definition) is 22. The monoisotopic (exact) mass is 1830 g/mol. The molecule has 9 rings (SSSR count). The van der Waals surface area contributed by atoms with Gasteiger partial charge in [0.2, 0.25) is 0 Å². The minimum Gasteiger partial charge on any atom is -0.458 e. The summed E-state index contributed by atoms with van der Waals surface area (Å²) in [6.45, 7) is 31.8. The molecule has 0 radical (unpaired) electrons. The molecule has 24 heteroatoms. The third kappa shape index (κ3) is 30.7. The molecule has 7 aliphatic heterocycles. The quantitative estimate of drug-likeness (QED) is 0.0709. The van der Waals surface area contributed by atoms with Crippen LogP contribution in [0.5, 0.6) is 0 Å². The highest BCUT2D eigenvalue weighted by Crippen LogP contribution is 2.44. The fraction of sp³-hybridized carbons (Fsp3) is 0.714. The van der Waals surface area contributed by atoms with Crippen molar-refractivity contribution in [2.75, 3.05) is 28.4 Å². The molecule has 0 saturated carbocycles. The fourth-order valence-electron chi connectivity index (χ4n) is 19.2. The number of rotatable bonds is 20. The van der Waals surface area contributed by atoms with Gasteiger partial charge in [-0.1, -0.05) is 147 Å². The number of methoxy groups -OCH3 is 4. The highest BCUT2D eigenvalue weighted by atomic mass is 79.9. The van der Waals surface area contributed by atoms with Gasteiger partial charge < -0.3 is 86.0 Å². The minimum atomic E-state index is -1.09. The second-order valence-electron chi connectivity index (χ2n) is 37.3. The maximum absolute atomic E-state index is 14.7. The standard InChI is InChI=1S/C98H146Br2O22/c1-57-27-41-79(115-95(105)69-33-37-71(99)38-34-69)49-73-23-21-25-75(113-73)53-83(109-19)63(7)86-56-88(122-98(15,16)120-86)66(10)94(68(12)92(104)60(4)32-44-78-52-82(108-18)48-62(6)112-78)118-90(102)46-30-58(2)28-42-80(116-96(106)70-35-39-72(100)40-36-70)50-74-24-22-26-76(114-74)54-84(110-20)64(8)85-55-87(121-97(13,14)119-85)65(9)93(117-89(101)45-29-57)67(11)91(103)59(3)31-43-77-51-81(107-17)47-61(5)111-77/h21-24,27-30,33-40,45-46,59-68,73-88,91-94,103-104H,25-26,31-32,41-44,47-56H2,1-20H3/b45-29+,46-30+,57-27+,58-28+/t59-,60-,61-,62-,63+,64+,65-,66-,67-,68-,73-,74+,75-,76-,77-,78-,79-,80-,81+,82+,83-,84-,85-,86-,87+,88+,91-,92-,93-,94-/m0/s1. The second kappa shape index (κ2) is 48.0. The summed E-state index contributed by atoms with van der Waals surface area (Å²) in [5.41, 5.74) is 2.22. The molecule has 0 aromatic heterocycles. The number of allylic oxidation sites excluding steroid dienone is 4. The lowest BCUT2D eigenvalue weighted by molar-refractivity contribution is -0.324. The van der Waals surface area contributed by atoms with Gasteiger partial charge >= 0.3 is 23.9 Å². The van der Waals surface area contributed by atoms with E-state index in [4.69, 9.17) is 75.8 Å². The molecule has 2 N–H and O–H groups in total. The minimum absolute atomic E-state index is 0.0243. The average Bonchev–Trinajstić information content (AvgIpc) is 0.791. The van der Waals surface area contributed by atoms with Gasteiger partial charge in [0, 0.05) is 136 Å². The molecule has 30 atom stereocenters. The number of hydrogen-bond donors (Lipinski definition) is 2. The van der Waals surface area contributed by atoms with Crippen LogP contribution < -0.4 is 0 Å². The highest BCUT2D eigenvalue weighted by Gasteiger charge is 2.50. The first-order valence-corrected chi connectivity index (χ1v) is 46.7. The van der Waals surface area contributed by atoms with Crippen LogP contribution in [-0.2, 0) is 85.4 Å². The molecule has 22 nitrogen and oxygen atoms in total. The van der Waals surface area contributed by atoms with Crippen LogP contribution in [0.3, 0.4) is 0 Å². The molecular weight excluding hydrogens is 1690 g/mol. The zero-order valence-electron chi connectivity index (χ0n) is 76.3. The first kappa shape index (κ1) is 101. The first-order valence-electron chi connectivity index (χ1n) is 45.1. The van der Waals surface area contributed by atoms with E-state index >= 15 is 0 Å². The number of benzene rings is 2. The lowest BCUT2D eigenvalue weighted by Gasteiger charge is -2.47. The number of carbonyl (C=O) groups excluding carboxylic acids is 4. The van der Waals surface area contributed by atoms with Crippen molar-refractivity contribution in [3.05, 3.63) is 141 Å². The largest absolute Gasteiger partial charge is 0.458 e. The number of ether oxygens (including phenoxy) is 16. The van der Waals surface area contributed by atoms with E-state index in [0.29, 0.717) is 75.3 Å². The Morgan fingerprint density at radius 3 is 1.15 bits per heavy atom. The maximum atomic E-state index is 14.7. The van der Waals surface area contributed by atoms with E-state index in [1.54, 1.807) is 89.1 Å². The van der Waals surface area contributed by atoms with Gasteiger partial charge in [-0.2, -0.15) is 0 Å². The predicted molar refractivity (Wildman–Crippen MR) is 476 cm³/mol. The number of aliphatic hydroxyl groups excluding tert-OH is 2. The Morgan fingerprint density at radius 1 is 0.451 bits per heavy atom. The summed E-state index contributed by atoms with van der Waals surface area (Å²) >= 11 is 7.01. The number of esters is 4. The second-order valence-corrected chi connectivity index (χ2v) is 39.1. The van der Waals surface area contributed by atoms with Crippen molar-refractivity contribution in [3.63, 3.8) is 0 Å². The molecule has 7 aliphatic rings. The van der Waals surface area contributed by atoms with Gasteiger partial charge in [-0.3, -0.25) is 0 Å². The molecule has 4 saturated heterocycles. The van der Waals surface area contributed by atoms with Crippen LogP contribution in [0.4, 0.5) is 0 Å². The molecule has 2 aromatic rings. The van der Waals surface area contributed by atoms with Crippen LogP contribution in [0, 0.1) is 47.3 Å². The smallest absolute Gasteiger partial charge is 0.338 e. The molecule has 0 aliphatic carbocycles. The number of cyclic esters (lactones) is 2. The Hall–Kier alpha value is -4.84. The predicted octanol–water partition coefficient (Wildman–Crippen LogP) is 19.0. The highest BCUT2D eigenvalue weighted by molar-refractivity contribution is 9.10. The molecule has 0 unspecified atom stereocenters. The van der Waals surface area contributed by atoms with E-state index < -0.39 is 132 Å². The lowest BCUT2D eigenvalue weighted by Crippen LogP contribution is -2.54. The van der Waals surface area contributed by atoms with Gasteiger partial charge in [-0.05, 0) is 180 Å². The summed E-state index contributed by atoms with van der Waals surface area (Å²) in [7, 11) is 6.89. The summed E-state index contributed by atoms with van der Waals surface area (Å²) in [6.07, 6.45) is 20.1.